The Bertz CT molecular complexity index is 1480. The van der Waals surface area contributed by atoms with Crippen LogP contribution in [0.3, 0.4) is 0 Å². The van der Waals surface area contributed by atoms with Gasteiger partial charge in [-0.2, -0.15) is 0 Å². The van der Waals surface area contributed by atoms with Crippen molar-refractivity contribution in [1.82, 2.24) is 14.8 Å². The Morgan fingerprint density at radius 3 is 2.70 bits per heavy atom. The van der Waals surface area contributed by atoms with E-state index in [9.17, 15) is 4.79 Å². The van der Waals surface area contributed by atoms with Gasteiger partial charge in [-0.05, 0) is 41.3 Å². The summed E-state index contributed by atoms with van der Waals surface area (Å²) in [7, 11) is 3.22. The highest BCUT2D eigenvalue weighted by Crippen LogP contribution is 2.35. The molecule has 3 heterocycles. The van der Waals surface area contributed by atoms with E-state index in [0.717, 1.165) is 33.1 Å². The Hall–Kier alpha value is -3.56. The molecule has 2 aromatic carbocycles. The van der Waals surface area contributed by atoms with E-state index in [2.05, 4.69) is 10.2 Å². The Kier molecular flexibility index (Phi) is 5.89. The Balaban J connectivity index is 1.57. The monoisotopic (exact) mass is 477 g/mol. The SMILES string of the molecule is COc1ccc2c(CSc3nnc(-c4cccs4)n3-c3ccccc3OC)cc(=O)oc2c1. The lowest BCUT2D eigenvalue weighted by Crippen LogP contribution is -2.03. The number of methoxy groups -OCH3 is 2. The first-order valence-electron chi connectivity index (χ1n) is 10.0. The zero-order valence-electron chi connectivity index (χ0n) is 17.8. The van der Waals surface area contributed by atoms with Crippen LogP contribution in [0.2, 0.25) is 0 Å². The average molecular weight is 478 g/mol. The second-order valence-corrected chi connectivity index (χ2v) is 8.92. The molecule has 5 rings (SSSR count). The van der Waals surface area contributed by atoms with Gasteiger partial charge in [0, 0.05) is 23.3 Å². The van der Waals surface area contributed by atoms with Gasteiger partial charge in [-0.15, -0.1) is 21.5 Å². The summed E-state index contributed by atoms with van der Waals surface area (Å²) in [5, 5.41) is 12.5. The molecule has 0 saturated carbocycles. The minimum atomic E-state index is -0.406. The molecule has 0 amide bonds. The van der Waals surface area contributed by atoms with Crippen LogP contribution in [0.25, 0.3) is 27.4 Å². The van der Waals surface area contributed by atoms with Crippen LogP contribution in [-0.2, 0) is 5.75 Å². The molecular formula is C24H19N3O4S2. The summed E-state index contributed by atoms with van der Waals surface area (Å²) < 4.78 is 18.2. The molecule has 5 aromatic rings. The van der Waals surface area contributed by atoms with Crippen molar-refractivity contribution in [3.8, 4) is 27.9 Å². The van der Waals surface area contributed by atoms with E-state index >= 15 is 0 Å². The lowest BCUT2D eigenvalue weighted by molar-refractivity contribution is 0.412. The summed E-state index contributed by atoms with van der Waals surface area (Å²) in [6.45, 7) is 0. The number of para-hydroxylation sites is 2. The predicted molar refractivity (Wildman–Crippen MR) is 130 cm³/mol. The quantitative estimate of drug-likeness (QED) is 0.229. The number of hydrogen-bond donors (Lipinski definition) is 0. The topological polar surface area (TPSA) is 79.4 Å². The van der Waals surface area contributed by atoms with Gasteiger partial charge in [-0.3, -0.25) is 4.57 Å². The van der Waals surface area contributed by atoms with E-state index in [1.807, 2.05) is 58.5 Å². The van der Waals surface area contributed by atoms with Crippen molar-refractivity contribution in [3.05, 3.63) is 82.0 Å². The molecule has 0 fully saturated rings. The smallest absolute Gasteiger partial charge is 0.336 e. The van der Waals surface area contributed by atoms with Crippen LogP contribution >= 0.6 is 23.1 Å². The van der Waals surface area contributed by atoms with Gasteiger partial charge in [-0.1, -0.05) is 30.0 Å². The third-order valence-electron chi connectivity index (χ3n) is 5.10. The third-order valence-corrected chi connectivity index (χ3v) is 6.94. The van der Waals surface area contributed by atoms with Gasteiger partial charge >= 0.3 is 5.63 Å². The zero-order valence-corrected chi connectivity index (χ0v) is 19.5. The highest BCUT2D eigenvalue weighted by molar-refractivity contribution is 7.98. The van der Waals surface area contributed by atoms with Gasteiger partial charge in [0.2, 0.25) is 0 Å². The van der Waals surface area contributed by atoms with Crippen molar-refractivity contribution in [1.29, 1.82) is 0 Å². The lowest BCUT2D eigenvalue weighted by Gasteiger charge is -2.13. The van der Waals surface area contributed by atoms with E-state index in [4.69, 9.17) is 13.9 Å². The molecule has 0 aliphatic carbocycles. The van der Waals surface area contributed by atoms with Gasteiger partial charge in [-0.25, -0.2) is 4.79 Å². The molecule has 9 heteroatoms. The number of thioether (sulfide) groups is 1. The van der Waals surface area contributed by atoms with Crippen LogP contribution in [0, 0.1) is 0 Å². The van der Waals surface area contributed by atoms with E-state index in [-0.39, 0.29) is 0 Å². The first-order valence-corrected chi connectivity index (χ1v) is 11.9. The summed E-state index contributed by atoms with van der Waals surface area (Å²) >= 11 is 3.09. The first-order chi connectivity index (χ1) is 16.2. The fourth-order valence-corrected chi connectivity index (χ4v) is 5.19. The Morgan fingerprint density at radius 2 is 1.91 bits per heavy atom. The number of fused-ring (bicyclic) bond motifs is 1. The predicted octanol–water partition coefficient (Wildman–Crippen LogP) is 5.41. The van der Waals surface area contributed by atoms with Gasteiger partial charge in [0.15, 0.2) is 11.0 Å². The molecule has 0 aliphatic heterocycles. The minimum absolute atomic E-state index is 0.406. The number of aromatic nitrogens is 3. The van der Waals surface area contributed by atoms with E-state index in [1.54, 1.807) is 31.6 Å². The number of rotatable bonds is 7. The summed E-state index contributed by atoms with van der Waals surface area (Å²) in [6, 6.07) is 18.7. The van der Waals surface area contributed by atoms with Crippen molar-refractivity contribution in [3.63, 3.8) is 0 Å². The second-order valence-electron chi connectivity index (χ2n) is 7.03. The molecule has 0 spiro atoms. The van der Waals surface area contributed by atoms with Crippen molar-refractivity contribution < 1.29 is 13.9 Å². The second kappa shape index (κ2) is 9.13. The largest absolute Gasteiger partial charge is 0.497 e. The normalized spacial score (nSPS) is 11.1. The highest BCUT2D eigenvalue weighted by Gasteiger charge is 2.20. The molecule has 33 heavy (non-hydrogen) atoms. The molecule has 166 valence electrons. The molecule has 3 aromatic heterocycles. The van der Waals surface area contributed by atoms with Gasteiger partial charge in [0.25, 0.3) is 0 Å². The standard InChI is InChI=1S/C24H19N3O4S2/c1-29-16-9-10-17-15(12-22(28)31-20(17)13-16)14-33-24-26-25-23(21-8-5-11-32-21)27(24)18-6-3-4-7-19(18)30-2/h3-13H,14H2,1-2H3. The molecule has 0 radical (unpaired) electrons. The van der Waals surface area contributed by atoms with Crippen LogP contribution in [0.5, 0.6) is 11.5 Å². The number of nitrogens with zero attached hydrogens (tertiary/aromatic N) is 3. The molecule has 0 N–H and O–H groups in total. The number of benzene rings is 2. The van der Waals surface area contributed by atoms with Crippen molar-refractivity contribution >= 4 is 34.1 Å². The maximum atomic E-state index is 12.2. The Morgan fingerprint density at radius 1 is 1.03 bits per heavy atom. The zero-order chi connectivity index (χ0) is 22.8. The third kappa shape index (κ3) is 4.12. The number of hydrogen-bond acceptors (Lipinski definition) is 8. The highest BCUT2D eigenvalue weighted by atomic mass is 32.2. The molecule has 7 nitrogen and oxygen atoms in total. The van der Waals surface area contributed by atoms with E-state index in [1.165, 1.54) is 17.8 Å². The fraction of sp³-hybridized carbons (Fsp3) is 0.125. The molecule has 0 saturated heterocycles. The fourth-order valence-electron chi connectivity index (χ4n) is 3.56. The van der Waals surface area contributed by atoms with E-state index < -0.39 is 5.63 Å². The summed E-state index contributed by atoms with van der Waals surface area (Å²) in [6.07, 6.45) is 0. The van der Waals surface area contributed by atoms with Crippen molar-refractivity contribution in [2.75, 3.05) is 14.2 Å². The van der Waals surface area contributed by atoms with Crippen LogP contribution < -0.4 is 15.1 Å². The summed E-state index contributed by atoms with van der Waals surface area (Å²) in [4.78, 5) is 13.2. The van der Waals surface area contributed by atoms with E-state index in [0.29, 0.717) is 22.2 Å². The van der Waals surface area contributed by atoms with Gasteiger partial charge < -0.3 is 13.9 Å². The summed E-state index contributed by atoms with van der Waals surface area (Å²) in [5.41, 5.74) is 1.78. The number of thiophene rings is 1. The van der Waals surface area contributed by atoms with Crippen molar-refractivity contribution in [2.45, 2.75) is 10.9 Å². The molecule has 0 atom stereocenters. The maximum absolute atomic E-state index is 12.2. The lowest BCUT2D eigenvalue weighted by atomic mass is 10.1. The van der Waals surface area contributed by atoms with Crippen LogP contribution in [0.1, 0.15) is 5.56 Å². The molecule has 0 unspecified atom stereocenters. The number of ether oxygens (including phenoxy) is 2. The van der Waals surface area contributed by atoms with Crippen LogP contribution in [0.4, 0.5) is 0 Å². The molecule has 0 bridgehead atoms. The molecule has 0 aliphatic rings. The molecular weight excluding hydrogens is 458 g/mol. The average Bonchev–Trinajstić information content (AvgIpc) is 3.51. The van der Waals surface area contributed by atoms with Gasteiger partial charge in [0.05, 0.1) is 24.8 Å². The summed E-state index contributed by atoms with van der Waals surface area (Å²) in [5.74, 6) is 2.59. The first kappa shape index (κ1) is 21.3. The van der Waals surface area contributed by atoms with Crippen LogP contribution in [-0.4, -0.2) is 29.0 Å². The Labute approximate surface area is 197 Å². The van der Waals surface area contributed by atoms with Crippen LogP contribution in [0.15, 0.2) is 80.4 Å². The van der Waals surface area contributed by atoms with Gasteiger partial charge in [0.1, 0.15) is 17.1 Å². The minimum Gasteiger partial charge on any atom is -0.497 e. The van der Waals surface area contributed by atoms with Crippen molar-refractivity contribution in [2.24, 2.45) is 0 Å². The maximum Gasteiger partial charge on any atom is 0.336 e.